The van der Waals surface area contributed by atoms with Crippen molar-refractivity contribution < 1.29 is 29.3 Å². The Hall–Kier alpha value is -1.97. The lowest BCUT2D eigenvalue weighted by Gasteiger charge is -2.36. The van der Waals surface area contributed by atoms with Gasteiger partial charge < -0.3 is 14.9 Å². The quantitative estimate of drug-likeness (QED) is 0.575. The Labute approximate surface area is 177 Å². The summed E-state index contributed by atoms with van der Waals surface area (Å²) in [6, 6.07) is 4.35. The van der Waals surface area contributed by atoms with Crippen LogP contribution in [0.3, 0.4) is 0 Å². The van der Waals surface area contributed by atoms with Gasteiger partial charge in [0.15, 0.2) is 5.54 Å². The number of benzene rings is 1. The SMILES string of the molecule is COc1ccc(Br)cc1C1NC(C(=O)O)(C(C)O)C2C(=O)N(C(C)(C)C)C(=O)C12. The van der Waals surface area contributed by atoms with Gasteiger partial charge in [0.25, 0.3) is 0 Å². The molecule has 2 aliphatic heterocycles. The van der Waals surface area contributed by atoms with Crippen molar-refractivity contribution in [2.45, 2.75) is 50.9 Å². The zero-order chi connectivity index (χ0) is 21.9. The molecule has 29 heavy (non-hydrogen) atoms. The average molecular weight is 469 g/mol. The van der Waals surface area contributed by atoms with Crippen LogP contribution in [-0.4, -0.2) is 57.2 Å². The monoisotopic (exact) mass is 468 g/mol. The summed E-state index contributed by atoms with van der Waals surface area (Å²) in [7, 11) is 1.47. The number of ether oxygens (including phenoxy) is 1. The van der Waals surface area contributed by atoms with E-state index in [1.807, 2.05) is 0 Å². The fourth-order valence-corrected chi connectivity index (χ4v) is 4.96. The lowest BCUT2D eigenvalue weighted by Crippen LogP contribution is -2.63. The average Bonchev–Trinajstić information content (AvgIpc) is 3.09. The van der Waals surface area contributed by atoms with Crippen LogP contribution in [0.5, 0.6) is 5.75 Å². The van der Waals surface area contributed by atoms with Gasteiger partial charge in [-0.05, 0) is 45.9 Å². The number of amides is 2. The predicted octanol–water partition coefficient (Wildman–Crippen LogP) is 1.71. The van der Waals surface area contributed by atoms with Crippen molar-refractivity contribution in [3.63, 3.8) is 0 Å². The van der Waals surface area contributed by atoms with E-state index in [0.717, 1.165) is 4.90 Å². The van der Waals surface area contributed by atoms with Crippen molar-refractivity contribution in [2.75, 3.05) is 7.11 Å². The Kier molecular flexibility index (Phi) is 5.30. The maximum absolute atomic E-state index is 13.4. The number of carboxylic acid groups (broad SMARTS) is 1. The molecule has 9 heteroatoms. The minimum absolute atomic E-state index is 0.450. The van der Waals surface area contributed by atoms with Gasteiger partial charge in [0.05, 0.1) is 25.0 Å². The molecule has 0 aliphatic carbocycles. The van der Waals surface area contributed by atoms with Gasteiger partial charge in [-0.25, -0.2) is 0 Å². The first-order valence-corrected chi connectivity index (χ1v) is 10.1. The molecule has 2 fully saturated rings. The highest BCUT2D eigenvalue weighted by Crippen LogP contribution is 2.52. The number of imide groups is 1. The van der Waals surface area contributed by atoms with Crippen LogP contribution in [0.4, 0.5) is 0 Å². The largest absolute Gasteiger partial charge is 0.496 e. The Bertz CT molecular complexity index is 880. The third-order valence-corrected chi connectivity index (χ3v) is 6.30. The number of rotatable bonds is 4. The van der Waals surface area contributed by atoms with Gasteiger partial charge in [-0.15, -0.1) is 0 Å². The summed E-state index contributed by atoms with van der Waals surface area (Å²) in [5.74, 6) is -4.23. The zero-order valence-electron chi connectivity index (χ0n) is 16.9. The summed E-state index contributed by atoms with van der Waals surface area (Å²) in [5.41, 5.74) is -2.29. The summed E-state index contributed by atoms with van der Waals surface area (Å²) in [5, 5.41) is 23.5. The van der Waals surface area contributed by atoms with Gasteiger partial charge >= 0.3 is 5.97 Å². The van der Waals surface area contributed by atoms with Crippen LogP contribution >= 0.6 is 15.9 Å². The Morgan fingerprint density at radius 2 is 1.93 bits per heavy atom. The first-order chi connectivity index (χ1) is 13.4. The molecule has 0 saturated carbocycles. The van der Waals surface area contributed by atoms with Crippen molar-refractivity contribution in [3.05, 3.63) is 28.2 Å². The molecule has 5 atom stereocenters. The van der Waals surface area contributed by atoms with E-state index < -0.39 is 52.8 Å². The van der Waals surface area contributed by atoms with Gasteiger partial charge in [0, 0.05) is 21.6 Å². The first-order valence-electron chi connectivity index (χ1n) is 9.28. The van der Waals surface area contributed by atoms with Gasteiger partial charge in [-0.1, -0.05) is 15.9 Å². The number of methoxy groups -OCH3 is 1. The summed E-state index contributed by atoms with van der Waals surface area (Å²) in [6.07, 6.45) is -1.42. The molecule has 1 aromatic rings. The number of carboxylic acids is 1. The second-order valence-corrected chi connectivity index (χ2v) is 9.46. The number of aliphatic hydroxyl groups is 1. The summed E-state index contributed by atoms with van der Waals surface area (Å²) in [6.45, 7) is 6.47. The third-order valence-electron chi connectivity index (χ3n) is 5.81. The third kappa shape index (κ3) is 3.06. The van der Waals surface area contributed by atoms with E-state index in [4.69, 9.17) is 4.74 Å². The lowest BCUT2D eigenvalue weighted by atomic mass is 9.76. The second-order valence-electron chi connectivity index (χ2n) is 8.54. The number of hydrogen-bond donors (Lipinski definition) is 3. The Morgan fingerprint density at radius 1 is 1.31 bits per heavy atom. The highest BCUT2D eigenvalue weighted by molar-refractivity contribution is 9.10. The molecule has 0 radical (unpaired) electrons. The molecule has 0 spiro atoms. The number of carbonyl (C=O) groups excluding carboxylic acids is 2. The van der Waals surface area contributed by atoms with Crippen molar-refractivity contribution in [1.29, 1.82) is 0 Å². The van der Waals surface area contributed by atoms with Crippen LogP contribution in [0.25, 0.3) is 0 Å². The minimum Gasteiger partial charge on any atom is -0.496 e. The smallest absolute Gasteiger partial charge is 0.327 e. The number of likely N-dealkylation sites (tertiary alicyclic amines) is 1. The van der Waals surface area contributed by atoms with Crippen molar-refractivity contribution >= 4 is 33.7 Å². The minimum atomic E-state index is -2.00. The predicted molar refractivity (Wildman–Crippen MR) is 107 cm³/mol. The number of carbonyl (C=O) groups is 3. The number of nitrogens with one attached hydrogen (secondary N) is 1. The van der Waals surface area contributed by atoms with Crippen LogP contribution in [-0.2, 0) is 14.4 Å². The first kappa shape index (κ1) is 21.7. The number of halogens is 1. The molecule has 5 unspecified atom stereocenters. The Balaban J connectivity index is 2.26. The second kappa shape index (κ2) is 7.07. The van der Waals surface area contributed by atoms with Gasteiger partial charge in [0.2, 0.25) is 11.8 Å². The van der Waals surface area contributed by atoms with E-state index >= 15 is 0 Å². The standard InChI is InChI=1S/C20H25BrN2O6/c1-9(24)20(18(27)28)14-13(16(25)23(17(14)26)19(2,3)4)15(22-20)11-8-10(21)6-7-12(11)29-5/h6-9,13-15,22,24H,1-5H3,(H,27,28). The van der Waals surface area contributed by atoms with E-state index in [2.05, 4.69) is 21.2 Å². The molecule has 0 bridgehead atoms. The van der Waals surface area contributed by atoms with E-state index in [1.165, 1.54) is 14.0 Å². The van der Waals surface area contributed by atoms with E-state index in [1.54, 1.807) is 39.0 Å². The summed E-state index contributed by atoms with van der Waals surface area (Å²) < 4.78 is 6.14. The fraction of sp³-hybridized carbons (Fsp3) is 0.550. The molecule has 2 aliphatic rings. The molecule has 8 nitrogen and oxygen atoms in total. The molecule has 3 N–H and O–H groups in total. The normalized spacial score (nSPS) is 30.4. The van der Waals surface area contributed by atoms with Crippen LogP contribution in [0.1, 0.15) is 39.3 Å². The number of hydrogen-bond acceptors (Lipinski definition) is 6. The molecule has 1 aromatic carbocycles. The molecular formula is C20H25BrN2O6. The molecule has 0 aromatic heterocycles. The topological polar surface area (TPSA) is 116 Å². The van der Waals surface area contributed by atoms with Gasteiger partial charge in [0.1, 0.15) is 5.75 Å². The number of aliphatic hydroxyl groups excluding tert-OH is 1. The number of aliphatic carboxylic acids is 1. The highest BCUT2D eigenvalue weighted by Gasteiger charge is 2.71. The maximum atomic E-state index is 13.4. The van der Waals surface area contributed by atoms with Gasteiger partial charge in [-0.2, -0.15) is 0 Å². The summed E-state index contributed by atoms with van der Waals surface area (Å²) >= 11 is 3.39. The van der Waals surface area contributed by atoms with Crippen LogP contribution in [0.2, 0.25) is 0 Å². The number of nitrogens with zero attached hydrogens (tertiary/aromatic N) is 1. The molecule has 2 saturated heterocycles. The molecular weight excluding hydrogens is 444 g/mol. The van der Waals surface area contributed by atoms with Crippen molar-refractivity contribution in [3.8, 4) is 5.75 Å². The molecule has 2 amide bonds. The van der Waals surface area contributed by atoms with E-state index in [-0.39, 0.29) is 0 Å². The zero-order valence-corrected chi connectivity index (χ0v) is 18.5. The van der Waals surface area contributed by atoms with E-state index in [0.29, 0.717) is 15.8 Å². The number of fused-ring (bicyclic) bond motifs is 1. The van der Waals surface area contributed by atoms with Crippen molar-refractivity contribution in [1.82, 2.24) is 10.2 Å². The molecule has 158 valence electrons. The van der Waals surface area contributed by atoms with Crippen molar-refractivity contribution in [2.24, 2.45) is 11.8 Å². The molecule has 3 rings (SSSR count). The molecule has 2 heterocycles. The van der Waals surface area contributed by atoms with Crippen LogP contribution in [0.15, 0.2) is 22.7 Å². The van der Waals surface area contributed by atoms with Crippen LogP contribution < -0.4 is 10.1 Å². The lowest BCUT2D eigenvalue weighted by molar-refractivity contribution is -0.158. The maximum Gasteiger partial charge on any atom is 0.327 e. The van der Waals surface area contributed by atoms with Crippen LogP contribution in [0, 0.1) is 11.8 Å². The van der Waals surface area contributed by atoms with E-state index in [9.17, 15) is 24.6 Å². The highest BCUT2D eigenvalue weighted by atomic mass is 79.9. The fourth-order valence-electron chi connectivity index (χ4n) is 4.58. The summed E-state index contributed by atoms with van der Waals surface area (Å²) in [4.78, 5) is 40.2. The van der Waals surface area contributed by atoms with Gasteiger partial charge in [-0.3, -0.25) is 24.6 Å². The Morgan fingerprint density at radius 3 is 2.41 bits per heavy atom.